The summed E-state index contributed by atoms with van der Waals surface area (Å²) in [7, 11) is 0. The van der Waals surface area contributed by atoms with Gasteiger partial charge in [0.25, 0.3) is 11.8 Å². The van der Waals surface area contributed by atoms with Gasteiger partial charge < -0.3 is 0 Å². The molecule has 4 nitrogen and oxygen atoms in total. The van der Waals surface area contributed by atoms with Crippen molar-refractivity contribution in [1.82, 2.24) is 10.4 Å². The summed E-state index contributed by atoms with van der Waals surface area (Å²) < 4.78 is 13.4. The molecule has 1 aromatic rings. The maximum atomic E-state index is 13.4. The fourth-order valence-corrected chi connectivity index (χ4v) is 2.49. The highest BCUT2D eigenvalue weighted by atomic mass is 19.1. The van der Waals surface area contributed by atoms with Crippen molar-refractivity contribution >= 4 is 11.8 Å². The molecular weight excluding hydrogens is 295 g/mol. The lowest BCUT2D eigenvalue weighted by atomic mass is 9.99. The Kier molecular flexibility index (Phi) is 5.19. The van der Waals surface area contributed by atoms with Crippen LogP contribution in [0.1, 0.15) is 56.8 Å². The van der Waals surface area contributed by atoms with Crippen LogP contribution in [0, 0.1) is 5.82 Å². The van der Waals surface area contributed by atoms with E-state index in [4.69, 9.17) is 0 Å². The molecule has 1 aliphatic rings. The predicted molar refractivity (Wildman–Crippen MR) is 87.0 cm³/mol. The molecular formula is C18H23FN2O2. The summed E-state index contributed by atoms with van der Waals surface area (Å²) >= 11 is 0. The molecule has 0 heterocycles. The maximum Gasteiger partial charge on any atom is 0.272 e. The lowest BCUT2D eigenvalue weighted by Crippen LogP contribution is -2.56. The zero-order valence-corrected chi connectivity index (χ0v) is 13.9. The van der Waals surface area contributed by atoms with E-state index in [9.17, 15) is 14.0 Å². The van der Waals surface area contributed by atoms with Gasteiger partial charge in [-0.05, 0) is 64.7 Å². The molecule has 1 aliphatic carbocycles. The standard InChI is InChI=1S/C18H23FN2O2/c1-18(2,3)21(17(23)14-10-7-11-15(19)12-14)20-16(22)13-8-5-4-6-9-13/h7-8,10-12H,4-6,9H2,1-3H3,(H,20,22). The molecule has 0 saturated carbocycles. The molecule has 0 unspecified atom stereocenters. The monoisotopic (exact) mass is 318 g/mol. The Bertz CT molecular complexity index is 632. The highest BCUT2D eigenvalue weighted by Gasteiger charge is 2.30. The Morgan fingerprint density at radius 1 is 1.22 bits per heavy atom. The number of amides is 2. The summed E-state index contributed by atoms with van der Waals surface area (Å²) in [4.78, 5) is 25.1. The summed E-state index contributed by atoms with van der Waals surface area (Å²) in [5.74, 6) is -1.17. The van der Waals surface area contributed by atoms with Crippen molar-refractivity contribution in [2.45, 2.75) is 52.0 Å². The summed E-state index contributed by atoms with van der Waals surface area (Å²) in [6.45, 7) is 5.46. The van der Waals surface area contributed by atoms with Gasteiger partial charge >= 0.3 is 0 Å². The van der Waals surface area contributed by atoms with Gasteiger partial charge in [-0.3, -0.25) is 15.0 Å². The Hall–Kier alpha value is -2.17. The van der Waals surface area contributed by atoms with Crippen LogP contribution >= 0.6 is 0 Å². The first-order valence-electron chi connectivity index (χ1n) is 7.89. The fraction of sp³-hybridized carbons (Fsp3) is 0.444. The van der Waals surface area contributed by atoms with E-state index in [-0.39, 0.29) is 11.5 Å². The number of hydrogen-bond donors (Lipinski definition) is 1. The second-order valence-corrected chi connectivity index (χ2v) is 6.74. The molecule has 2 rings (SSSR count). The molecule has 1 N–H and O–H groups in total. The minimum Gasteiger partial charge on any atom is -0.268 e. The smallest absolute Gasteiger partial charge is 0.268 e. The molecule has 0 aliphatic heterocycles. The third-order valence-electron chi connectivity index (χ3n) is 3.74. The second-order valence-electron chi connectivity index (χ2n) is 6.74. The van der Waals surface area contributed by atoms with Crippen molar-refractivity contribution in [2.75, 3.05) is 0 Å². The summed E-state index contributed by atoms with van der Waals surface area (Å²) in [5, 5.41) is 1.28. The van der Waals surface area contributed by atoms with Crippen molar-refractivity contribution in [2.24, 2.45) is 0 Å². The second kappa shape index (κ2) is 6.94. The van der Waals surface area contributed by atoms with Crippen LogP contribution in [0.25, 0.3) is 0 Å². The number of hydrazine groups is 1. The fourth-order valence-electron chi connectivity index (χ4n) is 2.49. The largest absolute Gasteiger partial charge is 0.272 e. The van der Waals surface area contributed by atoms with E-state index in [1.807, 2.05) is 26.8 Å². The molecule has 0 atom stereocenters. The van der Waals surface area contributed by atoms with E-state index < -0.39 is 17.3 Å². The van der Waals surface area contributed by atoms with Gasteiger partial charge in [0.05, 0.1) is 5.54 Å². The van der Waals surface area contributed by atoms with Gasteiger partial charge in [0.15, 0.2) is 0 Å². The number of nitrogens with one attached hydrogen (secondary N) is 1. The van der Waals surface area contributed by atoms with Crippen LogP contribution in [-0.4, -0.2) is 22.4 Å². The highest BCUT2D eigenvalue weighted by Crippen LogP contribution is 2.20. The molecule has 23 heavy (non-hydrogen) atoms. The first-order valence-corrected chi connectivity index (χ1v) is 7.89. The summed E-state index contributed by atoms with van der Waals surface area (Å²) in [6.07, 6.45) is 5.59. The number of halogens is 1. The summed E-state index contributed by atoms with van der Waals surface area (Å²) in [5.41, 5.74) is 2.98. The zero-order valence-electron chi connectivity index (χ0n) is 13.9. The summed E-state index contributed by atoms with van der Waals surface area (Å²) in [6, 6.07) is 5.47. The topological polar surface area (TPSA) is 49.4 Å². The van der Waals surface area contributed by atoms with Crippen molar-refractivity contribution < 1.29 is 14.0 Å². The van der Waals surface area contributed by atoms with Crippen LogP contribution < -0.4 is 5.43 Å². The Balaban J connectivity index is 2.22. The van der Waals surface area contributed by atoms with E-state index in [0.717, 1.165) is 25.7 Å². The van der Waals surface area contributed by atoms with Crippen LogP contribution in [0.3, 0.4) is 0 Å². The first kappa shape index (κ1) is 17.2. The van der Waals surface area contributed by atoms with E-state index in [1.54, 1.807) is 0 Å². The van der Waals surface area contributed by atoms with E-state index in [0.29, 0.717) is 5.57 Å². The first-order chi connectivity index (χ1) is 10.8. The number of carbonyl (C=O) groups is 2. The van der Waals surface area contributed by atoms with Crippen LogP contribution in [-0.2, 0) is 4.79 Å². The zero-order chi connectivity index (χ0) is 17.0. The molecule has 124 valence electrons. The van der Waals surface area contributed by atoms with Crippen molar-refractivity contribution in [3.63, 3.8) is 0 Å². The van der Waals surface area contributed by atoms with Crippen molar-refractivity contribution in [1.29, 1.82) is 0 Å². The van der Waals surface area contributed by atoms with Gasteiger partial charge in [0.1, 0.15) is 5.82 Å². The van der Waals surface area contributed by atoms with Gasteiger partial charge in [0.2, 0.25) is 0 Å². The van der Waals surface area contributed by atoms with Crippen LogP contribution in [0.15, 0.2) is 35.9 Å². The average molecular weight is 318 g/mol. The Morgan fingerprint density at radius 3 is 2.52 bits per heavy atom. The van der Waals surface area contributed by atoms with E-state index >= 15 is 0 Å². The number of rotatable bonds is 2. The lowest BCUT2D eigenvalue weighted by molar-refractivity contribution is -0.123. The SMILES string of the molecule is CC(C)(C)N(NC(=O)C1=CCCCC1)C(=O)c1cccc(F)c1. The number of hydrogen-bond acceptors (Lipinski definition) is 2. The van der Waals surface area contributed by atoms with Gasteiger partial charge in [-0.2, -0.15) is 0 Å². The molecule has 0 saturated heterocycles. The molecule has 0 spiro atoms. The molecule has 5 heteroatoms. The minimum atomic E-state index is -0.631. The van der Waals surface area contributed by atoms with Gasteiger partial charge in [-0.1, -0.05) is 12.1 Å². The number of nitrogens with zero attached hydrogens (tertiary/aromatic N) is 1. The lowest BCUT2D eigenvalue weighted by Gasteiger charge is -2.36. The minimum absolute atomic E-state index is 0.206. The molecule has 0 radical (unpaired) electrons. The quantitative estimate of drug-likeness (QED) is 0.847. The molecule has 0 bridgehead atoms. The van der Waals surface area contributed by atoms with Gasteiger partial charge in [-0.15, -0.1) is 0 Å². The predicted octanol–water partition coefficient (Wildman–Crippen LogP) is 3.60. The van der Waals surface area contributed by atoms with E-state index in [1.165, 1.54) is 29.3 Å². The van der Waals surface area contributed by atoms with Crippen LogP contribution in [0.5, 0.6) is 0 Å². The highest BCUT2D eigenvalue weighted by molar-refractivity contribution is 5.99. The molecule has 2 amide bonds. The molecule has 1 aromatic carbocycles. The van der Waals surface area contributed by atoms with Crippen LogP contribution in [0.2, 0.25) is 0 Å². The number of allylic oxidation sites excluding steroid dienone is 1. The number of carbonyl (C=O) groups excluding carboxylic acids is 2. The Morgan fingerprint density at radius 2 is 1.96 bits per heavy atom. The van der Waals surface area contributed by atoms with Crippen LogP contribution in [0.4, 0.5) is 4.39 Å². The average Bonchev–Trinajstić information content (AvgIpc) is 2.51. The molecule has 0 fully saturated rings. The van der Waals surface area contributed by atoms with E-state index in [2.05, 4.69) is 5.43 Å². The normalized spacial score (nSPS) is 14.9. The van der Waals surface area contributed by atoms with Gasteiger partial charge in [0, 0.05) is 11.1 Å². The maximum absolute atomic E-state index is 13.4. The van der Waals surface area contributed by atoms with Crippen molar-refractivity contribution in [3.05, 3.63) is 47.3 Å². The third kappa shape index (κ3) is 4.41. The Labute approximate surface area is 136 Å². The van der Waals surface area contributed by atoms with Gasteiger partial charge in [-0.25, -0.2) is 9.40 Å². The molecule has 0 aromatic heterocycles. The van der Waals surface area contributed by atoms with Crippen molar-refractivity contribution in [3.8, 4) is 0 Å². The number of benzene rings is 1. The third-order valence-corrected chi connectivity index (χ3v) is 3.74.